The molecule has 8 nitrogen and oxygen atoms in total. The minimum atomic E-state index is -0.857. The molecule has 0 saturated carbocycles. The van der Waals surface area contributed by atoms with Crippen LogP contribution in [0.4, 0.5) is 0 Å². The molecule has 0 aliphatic rings. The van der Waals surface area contributed by atoms with Crippen molar-refractivity contribution in [2.75, 3.05) is 6.61 Å². The molecule has 0 spiro atoms. The van der Waals surface area contributed by atoms with Crippen molar-refractivity contribution >= 4 is 23.9 Å². The van der Waals surface area contributed by atoms with Gasteiger partial charge in [0.2, 0.25) is 0 Å². The Hall–Kier alpha value is -4.46. The molecule has 3 aromatic rings. The van der Waals surface area contributed by atoms with E-state index in [1.165, 1.54) is 6.21 Å². The van der Waals surface area contributed by atoms with Crippen LogP contribution in [0.25, 0.3) is 0 Å². The van der Waals surface area contributed by atoms with Gasteiger partial charge in [-0.3, -0.25) is 14.4 Å². The summed E-state index contributed by atoms with van der Waals surface area (Å²) >= 11 is 0. The lowest BCUT2D eigenvalue weighted by Gasteiger charge is -2.08. The maximum Gasteiger partial charge on any atom is 0.329 e. The van der Waals surface area contributed by atoms with E-state index in [0.717, 1.165) is 16.7 Å². The molecule has 0 aliphatic carbocycles. The third-order valence-corrected chi connectivity index (χ3v) is 4.74. The highest BCUT2D eigenvalue weighted by molar-refractivity contribution is 6.35. The van der Waals surface area contributed by atoms with E-state index < -0.39 is 11.8 Å². The molecule has 34 heavy (non-hydrogen) atoms. The van der Waals surface area contributed by atoms with Gasteiger partial charge < -0.3 is 15.4 Å². The molecule has 3 rings (SSSR count). The standard InChI is InChI=1S/C26H26N4O4/c1-19-7-9-21(10-8-19)16-28-25(32)26(33)30-29-17-22-11-13-23(14-12-22)34-18-24(31)27-15-20-5-3-2-4-6-20/h2-14,17H,15-16,18H2,1H3,(H,27,31)(H,28,32)(H,30,33)/b29-17-. The highest BCUT2D eigenvalue weighted by atomic mass is 16.5. The number of carbonyl (C=O) groups is 3. The highest BCUT2D eigenvalue weighted by Gasteiger charge is 2.11. The molecule has 0 aliphatic heterocycles. The van der Waals surface area contributed by atoms with E-state index in [1.807, 2.05) is 61.5 Å². The first-order chi connectivity index (χ1) is 16.5. The molecule has 0 aromatic heterocycles. The number of carbonyl (C=O) groups excluding carboxylic acids is 3. The first-order valence-corrected chi connectivity index (χ1v) is 10.7. The summed E-state index contributed by atoms with van der Waals surface area (Å²) in [5.41, 5.74) is 5.90. The smallest absolute Gasteiger partial charge is 0.329 e. The molecule has 3 N–H and O–H groups in total. The molecule has 0 atom stereocenters. The summed E-state index contributed by atoms with van der Waals surface area (Å²) in [5, 5.41) is 9.13. The van der Waals surface area contributed by atoms with Crippen molar-refractivity contribution in [1.29, 1.82) is 0 Å². The van der Waals surface area contributed by atoms with Crippen molar-refractivity contribution in [2.45, 2.75) is 20.0 Å². The normalized spacial score (nSPS) is 10.5. The Kier molecular flexibility index (Phi) is 8.92. The van der Waals surface area contributed by atoms with Gasteiger partial charge in [0.1, 0.15) is 5.75 Å². The van der Waals surface area contributed by atoms with Crippen LogP contribution in [0, 0.1) is 6.92 Å². The van der Waals surface area contributed by atoms with Gasteiger partial charge in [0.25, 0.3) is 5.91 Å². The van der Waals surface area contributed by atoms with E-state index in [2.05, 4.69) is 21.2 Å². The largest absolute Gasteiger partial charge is 0.484 e. The number of aryl methyl sites for hydroxylation is 1. The fraction of sp³-hybridized carbons (Fsp3) is 0.154. The number of benzene rings is 3. The number of nitrogens with zero attached hydrogens (tertiary/aromatic N) is 1. The van der Waals surface area contributed by atoms with Gasteiger partial charge in [-0.1, -0.05) is 60.2 Å². The average molecular weight is 459 g/mol. The van der Waals surface area contributed by atoms with Crippen molar-refractivity contribution in [2.24, 2.45) is 5.10 Å². The van der Waals surface area contributed by atoms with E-state index in [4.69, 9.17) is 4.74 Å². The molecule has 0 bridgehead atoms. The Balaban J connectivity index is 1.36. The summed E-state index contributed by atoms with van der Waals surface area (Å²) in [5.74, 6) is -1.33. The van der Waals surface area contributed by atoms with Crippen molar-refractivity contribution in [3.05, 3.63) is 101 Å². The minimum Gasteiger partial charge on any atom is -0.484 e. The molecule has 0 fully saturated rings. The van der Waals surface area contributed by atoms with Crippen LogP contribution in [0.2, 0.25) is 0 Å². The van der Waals surface area contributed by atoms with Gasteiger partial charge in [-0.2, -0.15) is 5.10 Å². The van der Waals surface area contributed by atoms with Crippen molar-refractivity contribution in [3.63, 3.8) is 0 Å². The third kappa shape index (κ3) is 8.23. The quantitative estimate of drug-likeness (QED) is 0.260. The highest BCUT2D eigenvalue weighted by Crippen LogP contribution is 2.11. The Bertz CT molecular complexity index is 1130. The number of hydrazone groups is 1. The van der Waals surface area contributed by atoms with Crippen LogP contribution in [0.1, 0.15) is 22.3 Å². The molecule has 0 heterocycles. The Morgan fingerprint density at radius 3 is 2.15 bits per heavy atom. The maximum atomic E-state index is 11.9. The lowest BCUT2D eigenvalue weighted by Crippen LogP contribution is -2.37. The van der Waals surface area contributed by atoms with Gasteiger partial charge in [0, 0.05) is 13.1 Å². The van der Waals surface area contributed by atoms with Crippen molar-refractivity contribution < 1.29 is 19.1 Å². The Morgan fingerprint density at radius 1 is 0.794 bits per heavy atom. The van der Waals surface area contributed by atoms with Gasteiger partial charge in [0.05, 0.1) is 6.21 Å². The molecule has 8 heteroatoms. The molecule has 174 valence electrons. The summed E-state index contributed by atoms with van der Waals surface area (Å²) in [4.78, 5) is 35.7. The fourth-order valence-corrected chi connectivity index (χ4v) is 2.83. The van der Waals surface area contributed by atoms with E-state index in [0.29, 0.717) is 17.9 Å². The predicted octanol–water partition coefficient (Wildman–Crippen LogP) is 2.46. The fourth-order valence-electron chi connectivity index (χ4n) is 2.83. The number of hydrogen-bond donors (Lipinski definition) is 3. The first kappa shape index (κ1) is 24.2. The van der Waals surface area contributed by atoms with Gasteiger partial charge >= 0.3 is 11.8 Å². The summed E-state index contributed by atoms with van der Waals surface area (Å²) in [6.07, 6.45) is 1.40. The SMILES string of the molecule is Cc1ccc(CNC(=O)C(=O)N/N=C\c2ccc(OCC(=O)NCc3ccccc3)cc2)cc1. The van der Waals surface area contributed by atoms with Gasteiger partial charge in [-0.25, -0.2) is 5.43 Å². The minimum absolute atomic E-state index is 0.103. The molecular formula is C26H26N4O4. The number of nitrogens with one attached hydrogen (secondary N) is 3. The topological polar surface area (TPSA) is 109 Å². The van der Waals surface area contributed by atoms with E-state index in [-0.39, 0.29) is 19.1 Å². The summed E-state index contributed by atoms with van der Waals surface area (Å²) in [7, 11) is 0. The zero-order valence-electron chi connectivity index (χ0n) is 18.8. The van der Waals surface area contributed by atoms with Crippen LogP contribution in [0.15, 0.2) is 84.0 Å². The maximum absolute atomic E-state index is 11.9. The first-order valence-electron chi connectivity index (χ1n) is 10.7. The second-order valence-electron chi connectivity index (χ2n) is 7.49. The average Bonchev–Trinajstić information content (AvgIpc) is 2.87. The summed E-state index contributed by atoms with van der Waals surface area (Å²) in [6, 6.07) is 24.0. The monoisotopic (exact) mass is 458 g/mol. The van der Waals surface area contributed by atoms with Crippen LogP contribution in [0.5, 0.6) is 5.75 Å². The molecule has 0 unspecified atom stereocenters. The number of ether oxygens (including phenoxy) is 1. The zero-order chi connectivity index (χ0) is 24.2. The lowest BCUT2D eigenvalue weighted by molar-refractivity contribution is -0.139. The van der Waals surface area contributed by atoms with Gasteiger partial charge in [0.15, 0.2) is 6.61 Å². The van der Waals surface area contributed by atoms with E-state index in [9.17, 15) is 14.4 Å². The van der Waals surface area contributed by atoms with Gasteiger partial charge in [-0.15, -0.1) is 0 Å². The van der Waals surface area contributed by atoms with Crippen molar-refractivity contribution in [1.82, 2.24) is 16.1 Å². The van der Waals surface area contributed by atoms with Crippen molar-refractivity contribution in [3.8, 4) is 5.75 Å². The van der Waals surface area contributed by atoms with E-state index >= 15 is 0 Å². The molecular weight excluding hydrogens is 432 g/mol. The van der Waals surface area contributed by atoms with Crippen LogP contribution in [-0.4, -0.2) is 30.5 Å². The predicted molar refractivity (Wildman–Crippen MR) is 129 cm³/mol. The second-order valence-corrected chi connectivity index (χ2v) is 7.49. The zero-order valence-corrected chi connectivity index (χ0v) is 18.8. The van der Waals surface area contributed by atoms with Crippen LogP contribution in [0.3, 0.4) is 0 Å². The second kappa shape index (κ2) is 12.5. The Labute approximate surface area is 198 Å². The summed E-state index contributed by atoms with van der Waals surface area (Å²) in [6.45, 7) is 2.56. The van der Waals surface area contributed by atoms with Crippen LogP contribution in [-0.2, 0) is 27.5 Å². The molecule has 3 aromatic carbocycles. The molecule has 3 amide bonds. The number of amides is 3. The summed E-state index contributed by atoms with van der Waals surface area (Å²) < 4.78 is 5.48. The third-order valence-electron chi connectivity index (χ3n) is 4.74. The molecule has 0 saturated heterocycles. The van der Waals surface area contributed by atoms with Crippen LogP contribution < -0.4 is 20.8 Å². The molecule has 0 radical (unpaired) electrons. The van der Waals surface area contributed by atoms with Crippen LogP contribution >= 0.6 is 0 Å². The Morgan fingerprint density at radius 2 is 1.44 bits per heavy atom. The lowest BCUT2D eigenvalue weighted by atomic mass is 10.1. The van der Waals surface area contributed by atoms with Gasteiger partial charge in [-0.05, 0) is 47.9 Å². The number of rotatable bonds is 9. The number of hydrogen-bond acceptors (Lipinski definition) is 5. The van der Waals surface area contributed by atoms with E-state index in [1.54, 1.807) is 24.3 Å².